The van der Waals surface area contributed by atoms with E-state index in [1.54, 1.807) is 25.7 Å². The van der Waals surface area contributed by atoms with Gasteiger partial charge >= 0.3 is 0 Å². The second-order valence-electron chi connectivity index (χ2n) is 4.56. The van der Waals surface area contributed by atoms with Crippen LogP contribution in [0.15, 0.2) is 18.6 Å². The summed E-state index contributed by atoms with van der Waals surface area (Å²) in [7, 11) is 1.76. The number of nitrogens with one attached hydrogen (secondary N) is 1. The number of hydrazine groups is 1. The maximum absolute atomic E-state index is 5.78. The van der Waals surface area contributed by atoms with Gasteiger partial charge in [0.15, 0.2) is 0 Å². The molecule has 1 saturated carbocycles. The lowest BCUT2D eigenvalue weighted by Crippen LogP contribution is -2.49. The van der Waals surface area contributed by atoms with E-state index < -0.39 is 0 Å². The van der Waals surface area contributed by atoms with Gasteiger partial charge in [0.2, 0.25) is 0 Å². The minimum Gasteiger partial charge on any atom is -0.376 e. The number of nitrogens with zero attached hydrogens (tertiary/aromatic N) is 2. The van der Waals surface area contributed by atoms with Crippen molar-refractivity contribution in [1.82, 2.24) is 15.4 Å². The highest BCUT2D eigenvalue weighted by atomic mass is 16.5. The van der Waals surface area contributed by atoms with Gasteiger partial charge in [-0.2, -0.15) is 0 Å². The Morgan fingerprint density at radius 1 is 1.35 bits per heavy atom. The van der Waals surface area contributed by atoms with E-state index in [0.29, 0.717) is 0 Å². The van der Waals surface area contributed by atoms with Gasteiger partial charge in [0.25, 0.3) is 0 Å². The van der Waals surface area contributed by atoms with Crippen LogP contribution < -0.4 is 11.3 Å². The van der Waals surface area contributed by atoms with Gasteiger partial charge in [-0.05, 0) is 12.8 Å². The molecule has 0 radical (unpaired) electrons. The first-order valence-corrected chi connectivity index (χ1v) is 6.09. The number of nitrogens with two attached hydrogens (primary N) is 1. The van der Waals surface area contributed by atoms with Crippen LogP contribution in [-0.2, 0) is 4.74 Å². The lowest BCUT2D eigenvalue weighted by atomic mass is 9.78. The fraction of sp³-hybridized carbons (Fsp3) is 0.667. The highest BCUT2D eigenvalue weighted by molar-refractivity contribution is 5.10. The van der Waals surface area contributed by atoms with Crippen molar-refractivity contribution in [1.29, 1.82) is 0 Å². The molecule has 0 saturated heterocycles. The largest absolute Gasteiger partial charge is 0.376 e. The van der Waals surface area contributed by atoms with E-state index in [1.165, 1.54) is 19.3 Å². The molecule has 94 valence electrons. The zero-order chi connectivity index (χ0) is 12.1. The van der Waals surface area contributed by atoms with E-state index in [2.05, 4.69) is 15.4 Å². The summed E-state index contributed by atoms with van der Waals surface area (Å²) in [5.74, 6) is 5.70. The molecule has 1 unspecified atom stereocenters. The number of ether oxygens (including phenoxy) is 1. The number of hydrogen-bond acceptors (Lipinski definition) is 5. The van der Waals surface area contributed by atoms with Gasteiger partial charge in [-0.15, -0.1) is 0 Å². The Hall–Kier alpha value is -1.04. The Bertz CT molecular complexity index is 338. The highest BCUT2D eigenvalue weighted by Gasteiger charge is 2.41. The Labute approximate surface area is 102 Å². The van der Waals surface area contributed by atoms with E-state index in [1.807, 2.05) is 0 Å². The molecule has 1 aromatic heterocycles. The molecule has 0 aliphatic heterocycles. The molecule has 2 rings (SSSR count). The van der Waals surface area contributed by atoms with Crippen LogP contribution >= 0.6 is 0 Å². The van der Waals surface area contributed by atoms with Crippen molar-refractivity contribution in [2.75, 3.05) is 7.11 Å². The molecular weight excluding hydrogens is 216 g/mol. The molecule has 3 N–H and O–H groups in total. The summed E-state index contributed by atoms with van der Waals surface area (Å²) in [5, 5.41) is 0. The molecular formula is C12H20N4O. The summed E-state index contributed by atoms with van der Waals surface area (Å²) in [5.41, 5.74) is 3.45. The predicted octanol–water partition coefficient (Wildman–Crippen LogP) is 1.33. The quantitative estimate of drug-likeness (QED) is 0.609. The first-order chi connectivity index (χ1) is 8.32. The van der Waals surface area contributed by atoms with Crippen LogP contribution in [0.2, 0.25) is 0 Å². The molecule has 0 aromatic carbocycles. The zero-order valence-corrected chi connectivity index (χ0v) is 10.2. The van der Waals surface area contributed by atoms with Crippen LogP contribution in [-0.4, -0.2) is 22.7 Å². The molecule has 1 aliphatic carbocycles. The standard InChI is InChI=1S/C12H20N4O/c1-17-12(5-3-2-4-6-12)11(16-13)10-9-14-7-8-15-10/h7-9,11,16H,2-6,13H2,1H3. The summed E-state index contributed by atoms with van der Waals surface area (Å²) in [6.45, 7) is 0. The summed E-state index contributed by atoms with van der Waals surface area (Å²) in [4.78, 5) is 8.43. The maximum Gasteiger partial charge on any atom is 0.0936 e. The second-order valence-corrected chi connectivity index (χ2v) is 4.56. The highest BCUT2D eigenvalue weighted by Crippen LogP contribution is 2.39. The normalized spacial score (nSPS) is 21.1. The van der Waals surface area contributed by atoms with Crippen molar-refractivity contribution in [2.45, 2.75) is 43.7 Å². The topological polar surface area (TPSA) is 73.1 Å². The van der Waals surface area contributed by atoms with E-state index in [4.69, 9.17) is 10.6 Å². The van der Waals surface area contributed by atoms with Gasteiger partial charge in [-0.25, -0.2) is 5.43 Å². The predicted molar refractivity (Wildman–Crippen MR) is 64.9 cm³/mol. The second kappa shape index (κ2) is 5.53. The molecule has 5 nitrogen and oxygen atoms in total. The third kappa shape index (κ3) is 2.46. The smallest absolute Gasteiger partial charge is 0.0936 e. The lowest BCUT2D eigenvalue weighted by molar-refractivity contribution is -0.0699. The Morgan fingerprint density at radius 3 is 2.65 bits per heavy atom. The van der Waals surface area contributed by atoms with E-state index in [-0.39, 0.29) is 11.6 Å². The van der Waals surface area contributed by atoms with Crippen molar-refractivity contribution in [3.63, 3.8) is 0 Å². The zero-order valence-electron chi connectivity index (χ0n) is 10.2. The average molecular weight is 236 g/mol. The monoisotopic (exact) mass is 236 g/mol. The van der Waals surface area contributed by atoms with Gasteiger partial charge in [0.05, 0.1) is 23.5 Å². The van der Waals surface area contributed by atoms with Gasteiger partial charge in [-0.1, -0.05) is 19.3 Å². The van der Waals surface area contributed by atoms with Crippen LogP contribution in [0.1, 0.15) is 43.8 Å². The summed E-state index contributed by atoms with van der Waals surface area (Å²) in [6.07, 6.45) is 10.7. The molecule has 1 aliphatic rings. The Kier molecular flexibility index (Phi) is 4.04. The minimum absolute atomic E-state index is 0.0958. The molecule has 0 bridgehead atoms. The van der Waals surface area contributed by atoms with Gasteiger partial charge in [0.1, 0.15) is 0 Å². The Morgan fingerprint density at radius 2 is 2.12 bits per heavy atom. The first kappa shape index (κ1) is 12.4. The summed E-state index contributed by atoms with van der Waals surface area (Å²) >= 11 is 0. The first-order valence-electron chi connectivity index (χ1n) is 6.09. The molecule has 1 atom stereocenters. The fourth-order valence-corrected chi connectivity index (χ4v) is 2.73. The van der Waals surface area contributed by atoms with E-state index in [0.717, 1.165) is 18.5 Å². The molecule has 17 heavy (non-hydrogen) atoms. The van der Waals surface area contributed by atoms with Crippen molar-refractivity contribution in [2.24, 2.45) is 5.84 Å². The maximum atomic E-state index is 5.78. The fourth-order valence-electron chi connectivity index (χ4n) is 2.73. The molecule has 1 fully saturated rings. The molecule has 0 amide bonds. The van der Waals surface area contributed by atoms with Crippen LogP contribution in [0.25, 0.3) is 0 Å². The van der Waals surface area contributed by atoms with Crippen molar-refractivity contribution < 1.29 is 4.74 Å². The number of rotatable bonds is 4. The van der Waals surface area contributed by atoms with Crippen molar-refractivity contribution in [3.8, 4) is 0 Å². The third-order valence-electron chi connectivity index (χ3n) is 3.68. The van der Waals surface area contributed by atoms with Crippen LogP contribution in [0.4, 0.5) is 0 Å². The Balaban J connectivity index is 2.26. The van der Waals surface area contributed by atoms with Crippen LogP contribution in [0.5, 0.6) is 0 Å². The van der Waals surface area contributed by atoms with Gasteiger partial charge in [-0.3, -0.25) is 15.8 Å². The molecule has 1 aromatic rings. The van der Waals surface area contributed by atoms with Crippen molar-refractivity contribution >= 4 is 0 Å². The van der Waals surface area contributed by atoms with Gasteiger partial charge in [0, 0.05) is 19.5 Å². The van der Waals surface area contributed by atoms with Gasteiger partial charge < -0.3 is 4.74 Å². The lowest BCUT2D eigenvalue weighted by Gasteiger charge is -2.41. The minimum atomic E-state index is -0.247. The number of hydrogen-bond donors (Lipinski definition) is 2. The number of methoxy groups -OCH3 is 1. The SMILES string of the molecule is COC1(C(NN)c2cnccn2)CCCCC1. The number of aromatic nitrogens is 2. The van der Waals surface area contributed by atoms with E-state index >= 15 is 0 Å². The van der Waals surface area contributed by atoms with E-state index in [9.17, 15) is 0 Å². The average Bonchev–Trinajstić information content (AvgIpc) is 2.42. The molecule has 1 heterocycles. The van der Waals surface area contributed by atoms with Crippen molar-refractivity contribution in [3.05, 3.63) is 24.3 Å². The third-order valence-corrected chi connectivity index (χ3v) is 3.68. The van der Waals surface area contributed by atoms with Crippen LogP contribution in [0.3, 0.4) is 0 Å². The summed E-state index contributed by atoms with van der Waals surface area (Å²) < 4.78 is 5.78. The molecule has 0 spiro atoms. The van der Waals surface area contributed by atoms with Crippen LogP contribution in [0, 0.1) is 0 Å². The molecule has 5 heteroatoms. The summed E-state index contributed by atoms with van der Waals surface area (Å²) in [6, 6.07) is -0.0958.